The van der Waals surface area contributed by atoms with Crippen molar-refractivity contribution in [2.24, 2.45) is 0 Å². The molecule has 0 aliphatic carbocycles. The molecule has 3 aromatic rings. The first-order valence-corrected chi connectivity index (χ1v) is 10.4. The molecule has 7 heteroatoms. The van der Waals surface area contributed by atoms with Crippen LogP contribution in [0.2, 0.25) is 5.02 Å². The molecule has 0 unspecified atom stereocenters. The number of imidazole rings is 1. The zero-order chi connectivity index (χ0) is 22.2. The SMILES string of the molecule is C=CCN(CC=C)C(=O)Cn1c(CCNC(=O)c2ccc(Cl)cc2)nc2ccccc21. The summed E-state index contributed by atoms with van der Waals surface area (Å²) in [5.41, 5.74) is 2.23. The van der Waals surface area contributed by atoms with Gasteiger partial charge < -0.3 is 14.8 Å². The number of hydrogen-bond acceptors (Lipinski definition) is 3. The van der Waals surface area contributed by atoms with Crippen molar-refractivity contribution >= 4 is 34.4 Å². The second kappa shape index (κ2) is 10.6. The van der Waals surface area contributed by atoms with E-state index in [4.69, 9.17) is 11.6 Å². The van der Waals surface area contributed by atoms with Crippen LogP contribution in [0.15, 0.2) is 73.8 Å². The number of carbonyl (C=O) groups is 2. The first-order valence-electron chi connectivity index (χ1n) is 10.0. The normalized spacial score (nSPS) is 10.6. The predicted molar refractivity (Wildman–Crippen MR) is 124 cm³/mol. The molecule has 6 nitrogen and oxygen atoms in total. The van der Waals surface area contributed by atoms with Gasteiger partial charge >= 0.3 is 0 Å². The number of hydrogen-bond donors (Lipinski definition) is 1. The molecule has 0 saturated carbocycles. The summed E-state index contributed by atoms with van der Waals surface area (Å²) in [6.45, 7) is 8.89. The second-order valence-electron chi connectivity index (χ2n) is 6.99. The Labute approximate surface area is 186 Å². The molecule has 2 aromatic carbocycles. The van der Waals surface area contributed by atoms with Gasteiger partial charge in [0.15, 0.2) is 0 Å². The van der Waals surface area contributed by atoms with E-state index in [-0.39, 0.29) is 18.4 Å². The minimum absolute atomic E-state index is 0.0468. The number of rotatable bonds is 10. The number of para-hydroxylation sites is 2. The summed E-state index contributed by atoms with van der Waals surface area (Å²) < 4.78 is 1.91. The molecule has 1 heterocycles. The van der Waals surface area contributed by atoms with Crippen LogP contribution in [0.25, 0.3) is 11.0 Å². The highest BCUT2D eigenvalue weighted by molar-refractivity contribution is 6.30. The molecule has 31 heavy (non-hydrogen) atoms. The van der Waals surface area contributed by atoms with Gasteiger partial charge in [-0.05, 0) is 36.4 Å². The highest BCUT2D eigenvalue weighted by Crippen LogP contribution is 2.17. The van der Waals surface area contributed by atoms with Crippen LogP contribution < -0.4 is 5.32 Å². The third-order valence-corrected chi connectivity index (χ3v) is 5.07. The molecule has 0 aliphatic heterocycles. The molecule has 1 aromatic heterocycles. The fraction of sp³-hybridized carbons (Fsp3) is 0.208. The third kappa shape index (κ3) is 5.61. The largest absolute Gasteiger partial charge is 0.352 e. The van der Waals surface area contributed by atoms with E-state index in [0.29, 0.717) is 36.6 Å². The molecule has 0 saturated heterocycles. The van der Waals surface area contributed by atoms with Crippen LogP contribution >= 0.6 is 11.6 Å². The van der Waals surface area contributed by atoms with Crippen molar-refractivity contribution in [3.8, 4) is 0 Å². The van der Waals surface area contributed by atoms with E-state index in [1.165, 1.54) is 0 Å². The van der Waals surface area contributed by atoms with Crippen LogP contribution in [0.3, 0.4) is 0 Å². The van der Waals surface area contributed by atoms with Crippen molar-refractivity contribution in [1.82, 2.24) is 19.8 Å². The van der Waals surface area contributed by atoms with E-state index in [1.54, 1.807) is 41.3 Å². The number of fused-ring (bicyclic) bond motifs is 1. The first kappa shape index (κ1) is 22.3. The summed E-state index contributed by atoms with van der Waals surface area (Å²) >= 11 is 5.88. The van der Waals surface area contributed by atoms with Gasteiger partial charge in [-0.1, -0.05) is 35.9 Å². The Morgan fingerprint density at radius 2 is 1.74 bits per heavy atom. The summed E-state index contributed by atoms with van der Waals surface area (Å²) in [6.07, 6.45) is 3.88. The summed E-state index contributed by atoms with van der Waals surface area (Å²) in [5, 5.41) is 3.48. The lowest BCUT2D eigenvalue weighted by atomic mass is 10.2. The molecule has 0 bridgehead atoms. The number of carbonyl (C=O) groups excluding carboxylic acids is 2. The number of halogens is 1. The molecular formula is C24H25ClN4O2. The maximum Gasteiger partial charge on any atom is 0.251 e. The van der Waals surface area contributed by atoms with Crippen LogP contribution in [0.4, 0.5) is 0 Å². The number of aromatic nitrogens is 2. The number of benzene rings is 2. The molecular weight excluding hydrogens is 412 g/mol. The molecule has 1 N–H and O–H groups in total. The maximum absolute atomic E-state index is 12.9. The van der Waals surface area contributed by atoms with Crippen molar-refractivity contribution in [3.05, 3.63) is 90.3 Å². The van der Waals surface area contributed by atoms with Gasteiger partial charge in [0.25, 0.3) is 5.91 Å². The summed E-state index contributed by atoms with van der Waals surface area (Å²) in [6, 6.07) is 14.4. The zero-order valence-electron chi connectivity index (χ0n) is 17.3. The Balaban J connectivity index is 1.75. The lowest BCUT2D eigenvalue weighted by Crippen LogP contribution is -2.34. The smallest absolute Gasteiger partial charge is 0.251 e. The number of amides is 2. The Bertz CT molecular complexity index is 1080. The molecule has 3 rings (SSSR count). The van der Waals surface area contributed by atoms with Crippen molar-refractivity contribution in [1.29, 1.82) is 0 Å². The summed E-state index contributed by atoms with van der Waals surface area (Å²) in [4.78, 5) is 31.6. The van der Waals surface area contributed by atoms with Gasteiger partial charge in [0.2, 0.25) is 5.91 Å². The average Bonchev–Trinajstić information content (AvgIpc) is 3.11. The number of nitrogens with one attached hydrogen (secondary N) is 1. The lowest BCUT2D eigenvalue weighted by Gasteiger charge is -2.20. The molecule has 160 valence electrons. The van der Waals surface area contributed by atoms with E-state index in [9.17, 15) is 9.59 Å². The van der Waals surface area contributed by atoms with Crippen molar-refractivity contribution in [2.75, 3.05) is 19.6 Å². The monoisotopic (exact) mass is 436 g/mol. The highest BCUT2D eigenvalue weighted by atomic mass is 35.5. The lowest BCUT2D eigenvalue weighted by molar-refractivity contribution is -0.130. The fourth-order valence-corrected chi connectivity index (χ4v) is 3.43. The van der Waals surface area contributed by atoms with E-state index in [0.717, 1.165) is 16.9 Å². The standard InChI is InChI=1S/C24H25ClN4O2/c1-3-15-28(16-4-2)23(30)17-29-21-8-6-5-7-20(21)27-22(29)13-14-26-24(31)18-9-11-19(25)12-10-18/h3-12H,1-2,13-17H2,(H,26,31). The Morgan fingerprint density at radius 1 is 1.06 bits per heavy atom. The minimum Gasteiger partial charge on any atom is -0.352 e. The van der Waals surface area contributed by atoms with E-state index < -0.39 is 0 Å². The van der Waals surface area contributed by atoms with E-state index in [2.05, 4.69) is 23.5 Å². The van der Waals surface area contributed by atoms with E-state index in [1.807, 2.05) is 28.8 Å². The molecule has 2 amide bonds. The van der Waals surface area contributed by atoms with E-state index >= 15 is 0 Å². The number of nitrogens with zero attached hydrogens (tertiary/aromatic N) is 3. The maximum atomic E-state index is 12.9. The van der Waals surface area contributed by atoms with Crippen molar-refractivity contribution < 1.29 is 9.59 Å². The second-order valence-corrected chi connectivity index (χ2v) is 7.43. The van der Waals surface area contributed by atoms with Crippen molar-refractivity contribution in [2.45, 2.75) is 13.0 Å². The van der Waals surface area contributed by atoms with Gasteiger partial charge in [0, 0.05) is 36.6 Å². The Morgan fingerprint density at radius 3 is 2.42 bits per heavy atom. The van der Waals surface area contributed by atoms with Crippen LogP contribution in [0, 0.1) is 0 Å². The highest BCUT2D eigenvalue weighted by Gasteiger charge is 2.17. The first-order chi connectivity index (χ1) is 15.0. The predicted octanol–water partition coefficient (Wildman–Crippen LogP) is 3.86. The van der Waals surface area contributed by atoms with Crippen molar-refractivity contribution in [3.63, 3.8) is 0 Å². The molecule has 0 fully saturated rings. The minimum atomic E-state index is -0.182. The third-order valence-electron chi connectivity index (χ3n) is 4.82. The van der Waals surface area contributed by atoms with Gasteiger partial charge in [-0.3, -0.25) is 9.59 Å². The van der Waals surface area contributed by atoms with Crippen LogP contribution in [-0.4, -0.2) is 45.9 Å². The zero-order valence-corrected chi connectivity index (χ0v) is 18.0. The Hall–Kier alpha value is -3.38. The summed E-state index contributed by atoms with van der Waals surface area (Å²) in [5.74, 6) is 0.510. The van der Waals surface area contributed by atoms with Gasteiger partial charge in [-0.15, -0.1) is 13.2 Å². The van der Waals surface area contributed by atoms with Gasteiger partial charge in [-0.25, -0.2) is 4.98 Å². The quantitative estimate of drug-likeness (QED) is 0.491. The molecule has 0 aliphatic rings. The van der Waals surface area contributed by atoms with Gasteiger partial charge in [0.05, 0.1) is 11.0 Å². The Kier molecular flexibility index (Phi) is 7.62. The van der Waals surface area contributed by atoms with Gasteiger partial charge in [-0.2, -0.15) is 0 Å². The fourth-order valence-electron chi connectivity index (χ4n) is 3.31. The molecule has 0 spiro atoms. The van der Waals surface area contributed by atoms with Gasteiger partial charge in [0.1, 0.15) is 12.4 Å². The van der Waals surface area contributed by atoms with Crippen LogP contribution in [-0.2, 0) is 17.8 Å². The molecule has 0 atom stereocenters. The topological polar surface area (TPSA) is 67.2 Å². The summed E-state index contributed by atoms with van der Waals surface area (Å²) in [7, 11) is 0. The van der Waals surface area contributed by atoms with Crippen LogP contribution in [0.5, 0.6) is 0 Å². The van der Waals surface area contributed by atoms with Crippen LogP contribution in [0.1, 0.15) is 16.2 Å². The average molecular weight is 437 g/mol. The molecule has 0 radical (unpaired) electrons.